The Hall–Kier alpha value is -2.57. The van der Waals surface area contributed by atoms with Crippen LogP contribution in [0.25, 0.3) is 0 Å². The molecule has 2 aromatic rings. The number of carbonyl (C=O) groups is 1. The zero-order valence-electron chi connectivity index (χ0n) is 9.33. The molecular weight excluding hydrogens is 241 g/mol. The Bertz CT molecular complexity index is 563. The molecule has 1 aromatic carbocycles. The minimum Gasteiger partial charge on any atom is -0.465 e. The Balaban J connectivity index is 2.36. The average molecular weight is 249 g/mol. The molecule has 0 saturated heterocycles. The van der Waals surface area contributed by atoms with Crippen LogP contribution in [-0.4, -0.2) is 28.5 Å². The molecule has 0 saturated carbocycles. The number of nitrogens with zero attached hydrogens (tertiary/aromatic N) is 3. The quantitative estimate of drug-likeness (QED) is 0.769. The van der Waals surface area contributed by atoms with Crippen LogP contribution in [0.2, 0.25) is 0 Å². The van der Waals surface area contributed by atoms with Gasteiger partial charge in [-0.1, -0.05) is 0 Å². The van der Waals surface area contributed by atoms with Crippen molar-refractivity contribution in [1.29, 1.82) is 0 Å². The zero-order chi connectivity index (χ0) is 13.0. The number of rotatable bonds is 3. The van der Waals surface area contributed by atoms with E-state index >= 15 is 0 Å². The van der Waals surface area contributed by atoms with Gasteiger partial charge in [0.1, 0.15) is 17.1 Å². The lowest BCUT2D eigenvalue weighted by molar-refractivity contribution is 0.0598. The Morgan fingerprint density at radius 2 is 2.00 bits per heavy atom. The second-order valence-corrected chi connectivity index (χ2v) is 3.22. The minimum atomic E-state index is -0.625. The summed E-state index contributed by atoms with van der Waals surface area (Å²) in [6.45, 7) is 0. The maximum atomic E-state index is 13.1. The van der Waals surface area contributed by atoms with Crippen molar-refractivity contribution in [3.63, 3.8) is 0 Å². The van der Waals surface area contributed by atoms with Gasteiger partial charge in [-0.2, -0.15) is 0 Å². The highest BCUT2D eigenvalue weighted by Crippen LogP contribution is 2.25. The Morgan fingerprint density at radius 1 is 1.28 bits per heavy atom. The van der Waals surface area contributed by atoms with Crippen molar-refractivity contribution >= 4 is 5.97 Å². The van der Waals surface area contributed by atoms with Gasteiger partial charge < -0.3 is 9.47 Å². The highest BCUT2D eigenvalue weighted by molar-refractivity contribution is 5.92. The van der Waals surface area contributed by atoms with E-state index < -0.39 is 11.8 Å². The van der Waals surface area contributed by atoms with Gasteiger partial charge in [0.25, 0.3) is 0 Å². The first-order valence-electron chi connectivity index (χ1n) is 4.90. The predicted molar refractivity (Wildman–Crippen MR) is 57.6 cm³/mol. The number of halogens is 1. The standard InChI is InChI=1S/C11H8FN3O3/c1-17-11(16)9-3-2-7(12)4-10(9)18-8-5-13-15-14-6-8/h2-6H,1H3. The lowest BCUT2D eigenvalue weighted by atomic mass is 10.2. The molecular formula is C11H8FN3O3. The van der Waals surface area contributed by atoms with Crippen molar-refractivity contribution < 1.29 is 18.7 Å². The highest BCUT2D eigenvalue weighted by atomic mass is 19.1. The van der Waals surface area contributed by atoms with Crippen LogP contribution in [-0.2, 0) is 4.74 Å². The molecule has 7 heteroatoms. The average Bonchev–Trinajstić information content (AvgIpc) is 2.39. The number of carbonyl (C=O) groups excluding carboxylic acids is 1. The molecule has 18 heavy (non-hydrogen) atoms. The lowest BCUT2D eigenvalue weighted by Gasteiger charge is -2.08. The summed E-state index contributed by atoms with van der Waals surface area (Å²) >= 11 is 0. The molecule has 0 N–H and O–H groups in total. The first-order valence-corrected chi connectivity index (χ1v) is 4.90. The molecule has 0 aliphatic rings. The molecule has 1 heterocycles. The minimum absolute atomic E-state index is 0.0247. The van der Waals surface area contributed by atoms with Crippen molar-refractivity contribution in [2.24, 2.45) is 0 Å². The molecule has 0 atom stereocenters. The van der Waals surface area contributed by atoms with E-state index in [1.165, 1.54) is 25.6 Å². The maximum Gasteiger partial charge on any atom is 0.341 e. The summed E-state index contributed by atoms with van der Waals surface area (Å²) in [4.78, 5) is 11.5. The topological polar surface area (TPSA) is 74.2 Å². The fraction of sp³-hybridized carbons (Fsp3) is 0.0909. The van der Waals surface area contributed by atoms with E-state index in [0.717, 1.165) is 12.1 Å². The summed E-state index contributed by atoms with van der Waals surface area (Å²) in [6.07, 6.45) is 2.58. The molecule has 0 unspecified atom stereocenters. The smallest absolute Gasteiger partial charge is 0.341 e. The van der Waals surface area contributed by atoms with E-state index in [-0.39, 0.29) is 17.1 Å². The predicted octanol–water partition coefficient (Wildman–Crippen LogP) is 1.59. The lowest BCUT2D eigenvalue weighted by Crippen LogP contribution is -2.04. The van der Waals surface area contributed by atoms with Crippen molar-refractivity contribution in [3.8, 4) is 11.5 Å². The Kier molecular flexibility index (Phi) is 3.42. The monoisotopic (exact) mass is 249 g/mol. The van der Waals surface area contributed by atoms with E-state index in [0.29, 0.717) is 0 Å². The van der Waals surface area contributed by atoms with Crippen LogP contribution in [0.3, 0.4) is 0 Å². The van der Waals surface area contributed by atoms with Crippen LogP contribution in [0.5, 0.6) is 11.5 Å². The third-order valence-corrected chi connectivity index (χ3v) is 2.05. The van der Waals surface area contributed by atoms with Gasteiger partial charge in [0.05, 0.1) is 19.5 Å². The normalized spacial score (nSPS) is 9.89. The second-order valence-electron chi connectivity index (χ2n) is 3.22. The van der Waals surface area contributed by atoms with Crippen molar-refractivity contribution in [1.82, 2.24) is 15.4 Å². The second kappa shape index (κ2) is 5.17. The number of esters is 1. The Morgan fingerprint density at radius 3 is 2.67 bits per heavy atom. The van der Waals surface area contributed by atoms with Gasteiger partial charge in [0, 0.05) is 6.07 Å². The first kappa shape index (κ1) is 11.9. The summed E-state index contributed by atoms with van der Waals surface area (Å²) in [5, 5.41) is 10.3. The van der Waals surface area contributed by atoms with Crippen LogP contribution < -0.4 is 4.74 Å². The Labute approximate surface area is 101 Å². The molecule has 0 aliphatic heterocycles. The third kappa shape index (κ3) is 2.57. The van der Waals surface area contributed by atoms with Crippen molar-refractivity contribution in [3.05, 3.63) is 42.0 Å². The maximum absolute atomic E-state index is 13.1. The van der Waals surface area contributed by atoms with E-state index in [4.69, 9.17) is 4.74 Å². The van der Waals surface area contributed by atoms with E-state index in [2.05, 4.69) is 20.1 Å². The summed E-state index contributed by atoms with van der Waals surface area (Å²) in [7, 11) is 1.23. The first-order chi connectivity index (χ1) is 8.70. The molecule has 1 aromatic heterocycles. The van der Waals surface area contributed by atoms with Crippen LogP contribution >= 0.6 is 0 Å². The summed E-state index contributed by atoms with van der Waals surface area (Å²) in [5.41, 5.74) is 0.107. The number of methoxy groups -OCH3 is 1. The van der Waals surface area contributed by atoms with Gasteiger partial charge in [-0.3, -0.25) is 0 Å². The van der Waals surface area contributed by atoms with Gasteiger partial charge in [0.2, 0.25) is 0 Å². The molecule has 0 amide bonds. The summed E-state index contributed by atoms with van der Waals surface area (Å²) in [6, 6.07) is 3.49. The van der Waals surface area contributed by atoms with Gasteiger partial charge in [-0.15, -0.1) is 10.2 Å². The summed E-state index contributed by atoms with van der Waals surface area (Å²) < 4.78 is 23.0. The molecule has 0 spiro atoms. The van der Waals surface area contributed by atoms with E-state index in [1.807, 2.05) is 0 Å². The highest BCUT2D eigenvalue weighted by Gasteiger charge is 2.14. The number of benzene rings is 1. The van der Waals surface area contributed by atoms with Crippen LogP contribution in [0.4, 0.5) is 4.39 Å². The molecule has 0 bridgehead atoms. The van der Waals surface area contributed by atoms with E-state index in [9.17, 15) is 9.18 Å². The molecule has 92 valence electrons. The fourth-order valence-electron chi connectivity index (χ4n) is 1.27. The number of ether oxygens (including phenoxy) is 2. The SMILES string of the molecule is COC(=O)c1ccc(F)cc1Oc1cnnnc1. The molecule has 6 nitrogen and oxygen atoms in total. The summed E-state index contributed by atoms with van der Waals surface area (Å²) in [5.74, 6) is -0.898. The molecule has 2 rings (SSSR count). The fourth-order valence-corrected chi connectivity index (χ4v) is 1.27. The van der Waals surface area contributed by atoms with Crippen LogP contribution in [0, 0.1) is 5.82 Å². The van der Waals surface area contributed by atoms with Gasteiger partial charge in [-0.25, -0.2) is 9.18 Å². The van der Waals surface area contributed by atoms with Crippen molar-refractivity contribution in [2.75, 3.05) is 7.11 Å². The van der Waals surface area contributed by atoms with Crippen molar-refractivity contribution in [2.45, 2.75) is 0 Å². The number of hydrogen-bond donors (Lipinski definition) is 0. The van der Waals surface area contributed by atoms with Crippen LogP contribution in [0.1, 0.15) is 10.4 Å². The van der Waals surface area contributed by atoms with Crippen LogP contribution in [0.15, 0.2) is 30.6 Å². The number of hydrogen-bond acceptors (Lipinski definition) is 6. The van der Waals surface area contributed by atoms with E-state index in [1.54, 1.807) is 0 Å². The largest absolute Gasteiger partial charge is 0.465 e. The van der Waals surface area contributed by atoms with Gasteiger partial charge in [0.15, 0.2) is 5.75 Å². The molecule has 0 aliphatic carbocycles. The molecule has 0 radical (unpaired) electrons. The van der Waals surface area contributed by atoms with Gasteiger partial charge in [-0.05, 0) is 17.3 Å². The zero-order valence-corrected chi connectivity index (χ0v) is 9.33. The third-order valence-electron chi connectivity index (χ3n) is 2.05. The van der Waals surface area contributed by atoms with Gasteiger partial charge >= 0.3 is 5.97 Å². The number of aromatic nitrogens is 3. The molecule has 0 fully saturated rings.